The van der Waals surface area contributed by atoms with E-state index in [-0.39, 0.29) is 11.7 Å². The number of amides is 1. The van der Waals surface area contributed by atoms with Crippen molar-refractivity contribution in [3.63, 3.8) is 0 Å². The number of nitrogens with zero attached hydrogens (tertiary/aromatic N) is 2. The fourth-order valence-corrected chi connectivity index (χ4v) is 3.36. The van der Waals surface area contributed by atoms with E-state index in [2.05, 4.69) is 11.8 Å². The van der Waals surface area contributed by atoms with E-state index in [1.807, 2.05) is 42.2 Å². The summed E-state index contributed by atoms with van der Waals surface area (Å²) in [6.45, 7) is 7.87. The van der Waals surface area contributed by atoms with Gasteiger partial charge in [-0.05, 0) is 43.2 Å². The number of phenolic OH excluding ortho intramolecular Hbond substituents is 1. The molecule has 0 unspecified atom stereocenters. The van der Waals surface area contributed by atoms with E-state index in [1.54, 1.807) is 12.1 Å². The Morgan fingerprint density at radius 1 is 0.931 bits per heavy atom. The van der Waals surface area contributed by atoms with Gasteiger partial charge in [0.1, 0.15) is 5.75 Å². The molecule has 2 aromatic rings. The third-order valence-electron chi connectivity index (χ3n) is 4.90. The van der Waals surface area contributed by atoms with Crippen molar-refractivity contribution < 1.29 is 19.4 Å². The summed E-state index contributed by atoms with van der Waals surface area (Å²) < 4.78 is 11.6. The number of rotatable bonds is 8. The molecule has 0 bridgehead atoms. The summed E-state index contributed by atoms with van der Waals surface area (Å²) in [5.74, 6) is 1.57. The lowest BCUT2D eigenvalue weighted by atomic mass is 10.1. The average molecular weight is 399 g/mol. The van der Waals surface area contributed by atoms with Crippen LogP contribution in [0.3, 0.4) is 0 Å². The monoisotopic (exact) mass is 398 g/mol. The molecule has 0 aromatic heterocycles. The van der Waals surface area contributed by atoms with E-state index >= 15 is 0 Å². The molecule has 1 aliphatic rings. The first-order valence-electron chi connectivity index (χ1n) is 10.4. The molecule has 0 radical (unpaired) electrons. The smallest absolute Gasteiger partial charge is 0.254 e. The standard InChI is InChI=1S/C23H30N2O4/c1-3-15-28-21-10-9-18(17-22(21)29-16-4-2)23(27)25-13-11-24(12-14-25)19-7-5-6-8-20(19)26/h5-10,17,26H,3-4,11-16H2,1-2H3. The summed E-state index contributed by atoms with van der Waals surface area (Å²) in [4.78, 5) is 17.0. The second-order valence-corrected chi connectivity index (χ2v) is 7.13. The number of ether oxygens (including phenoxy) is 2. The predicted molar refractivity (Wildman–Crippen MR) is 114 cm³/mol. The number of anilines is 1. The molecule has 1 amide bonds. The minimum atomic E-state index is -0.00896. The predicted octanol–water partition coefficient (Wildman–Crippen LogP) is 3.93. The Bertz CT molecular complexity index is 816. The van der Waals surface area contributed by atoms with Gasteiger partial charge in [0.15, 0.2) is 11.5 Å². The van der Waals surface area contributed by atoms with Gasteiger partial charge in [0.2, 0.25) is 0 Å². The third-order valence-corrected chi connectivity index (χ3v) is 4.90. The molecule has 29 heavy (non-hydrogen) atoms. The molecular weight excluding hydrogens is 368 g/mol. The van der Waals surface area contributed by atoms with E-state index in [0.717, 1.165) is 18.5 Å². The summed E-state index contributed by atoms with van der Waals surface area (Å²) in [6, 6.07) is 12.7. The van der Waals surface area contributed by atoms with Crippen LogP contribution < -0.4 is 14.4 Å². The minimum Gasteiger partial charge on any atom is -0.506 e. The van der Waals surface area contributed by atoms with Crippen LogP contribution in [-0.4, -0.2) is 55.3 Å². The van der Waals surface area contributed by atoms with Gasteiger partial charge < -0.3 is 24.4 Å². The van der Waals surface area contributed by atoms with Crippen LogP contribution >= 0.6 is 0 Å². The largest absolute Gasteiger partial charge is 0.506 e. The Hall–Kier alpha value is -2.89. The van der Waals surface area contributed by atoms with Gasteiger partial charge in [-0.25, -0.2) is 0 Å². The Morgan fingerprint density at radius 2 is 1.59 bits per heavy atom. The van der Waals surface area contributed by atoms with Gasteiger partial charge in [0.25, 0.3) is 5.91 Å². The molecule has 0 aliphatic carbocycles. The highest BCUT2D eigenvalue weighted by atomic mass is 16.5. The molecular formula is C23H30N2O4. The maximum atomic E-state index is 13.0. The maximum Gasteiger partial charge on any atom is 0.254 e. The van der Waals surface area contributed by atoms with Crippen molar-refractivity contribution in [2.45, 2.75) is 26.7 Å². The number of para-hydroxylation sites is 2. The van der Waals surface area contributed by atoms with Gasteiger partial charge in [-0.15, -0.1) is 0 Å². The van der Waals surface area contributed by atoms with E-state index in [0.29, 0.717) is 56.5 Å². The molecule has 0 atom stereocenters. The van der Waals surface area contributed by atoms with Crippen molar-refractivity contribution in [3.8, 4) is 17.2 Å². The quantitative estimate of drug-likeness (QED) is 0.730. The zero-order valence-electron chi connectivity index (χ0n) is 17.3. The number of hydrogen-bond acceptors (Lipinski definition) is 5. The lowest BCUT2D eigenvalue weighted by Gasteiger charge is -2.36. The maximum absolute atomic E-state index is 13.0. The lowest BCUT2D eigenvalue weighted by molar-refractivity contribution is 0.0746. The van der Waals surface area contributed by atoms with Crippen LogP contribution in [0.25, 0.3) is 0 Å². The second kappa shape index (κ2) is 10.0. The van der Waals surface area contributed by atoms with Crippen molar-refractivity contribution >= 4 is 11.6 Å². The molecule has 3 rings (SSSR count). The molecule has 1 saturated heterocycles. The molecule has 0 saturated carbocycles. The lowest BCUT2D eigenvalue weighted by Crippen LogP contribution is -2.48. The van der Waals surface area contributed by atoms with Crippen LogP contribution in [0, 0.1) is 0 Å². The molecule has 1 aliphatic heterocycles. The van der Waals surface area contributed by atoms with E-state index in [4.69, 9.17) is 9.47 Å². The first-order valence-corrected chi connectivity index (χ1v) is 10.4. The Morgan fingerprint density at radius 3 is 2.24 bits per heavy atom. The number of carbonyl (C=O) groups is 1. The van der Waals surface area contributed by atoms with Crippen LogP contribution in [0.15, 0.2) is 42.5 Å². The molecule has 6 heteroatoms. The number of carbonyl (C=O) groups excluding carboxylic acids is 1. The van der Waals surface area contributed by atoms with Crippen LogP contribution in [0.4, 0.5) is 5.69 Å². The van der Waals surface area contributed by atoms with Gasteiger partial charge in [0, 0.05) is 31.7 Å². The van der Waals surface area contributed by atoms with E-state index in [9.17, 15) is 9.90 Å². The van der Waals surface area contributed by atoms with E-state index < -0.39 is 0 Å². The molecule has 0 spiro atoms. The van der Waals surface area contributed by atoms with Crippen molar-refractivity contribution in [1.29, 1.82) is 0 Å². The van der Waals surface area contributed by atoms with Gasteiger partial charge in [-0.1, -0.05) is 26.0 Å². The highest BCUT2D eigenvalue weighted by Gasteiger charge is 2.24. The first-order chi connectivity index (χ1) is 14.1. The number of piperazine rings is 1. The Kier molecular flexibility index (Phi) is 7.22. The number of benzene rings is 2. The summed E-state index contributed by atoms with van der Waals surface area (Å²) in [5, 5.41) is 10.1. The molecule has 156 valence electrons. The topological polar surface area (TPSA) is 62.2 Å². The molecule has 6 nitrogen and oxygen atoms in total. The molecule has 2 aromatic carbocycles. The summed E-state index contributed by atoms with van der Waals surface area (Å²) in [7, 11) is 0. The zero-order valence-corrected chi connectivity index (χ0v) is 17.3. The number of aromatic hydroxyl groups is 1. The Labute approximate surface area is 172 Å². The number of phenols is 1. The van der Waals surface area contributed by atoms with Crippen LogP contribution in [-0.2, 0) is 0 Å². The fourth-order valence-electron chi connectivity index (χ4n) is 3.36. The van der Waals surface area contributed by atoms with Crippen molar-refractivity contribution in [1.82, 2.24) is 4.90 Å². The second-order valence-electron chi connectivity index (χ2n) is 7.13. The SMILES string of the molecule is CCCOc1ccc(C(=O)N2CCN(c3ccccc3O)CC2)cc1OCCC. The Balaban J connectivity index is 1.68. The molecule has 1 fully saturated rings. The van der Waals surface area contributed by atoms with Gasteiger partial charge in [0.05, 0.1) is 18.9 Å². The van der Waals surface area contributed by atoms with Gasteiger partial charge in [-0.3, -0.25) is 4.79 Å². The van der Waals surface area contributed by atoms with Crippen LogP contribution in [0.2, 0.25) is 0 Å². The van der Waals surface area contributed by atoms with Crippen molar-refractivity contribution in [2.24, 2.45) is 0 Å². The van der Waals surface area contributed by atoms with E-state index in [1.165, 1.54) is 0 Å². The minimum absolute atomic E-state index is 0.00896. The molecule has 1 heterocycles. The van der Waals surface area contributed by atoms with Crippen molar-refractivity contribution in [3.05, 3.63) is 48.0 Å². The normalized spacial score (nSPS) is 14.0. The highest BCUT2D eigenvalue weighted by Crippen LogP contribution is 2.30. The first kappa shape index (κ1) is 20.8. The summed E-state index contributed by atoms with van der Waals surface area (Å²) in [5.41, 5.74) is 1.42. The summed E-state index contributed by atoms with van der Waals surface area (Å²) >= 11 is 0. The van der Waals surface area contributed by atoms with Crippen LogP contribution in [0.1, 0.15) is 37.0 Å². The average Bonchev–Trinajstić information content (AvgIpc) is 2.76. The third kappa shape index (κ3) is 5.13. The fraction of sp³-hybridized carbons (Fsp3) is 0.435. The zero-order chi connectivity index (χ0) is 20.6. The van der Waals surface area contributed by atoms with Gasteiger partial charge >= 0.3 is 0 Å². The van der Waals surface area contributed by atoms with Gasteiger partial charge in [-0.2, -0.15) is 0 Å². The molecule has 1 N–H and O–H groups in total. The summed E-state index contributed by atoms with van der Waals surface area (Å²) in [6.07, 6.45) is 1.80. The van der Waals surface area contributed by atoms with Crippen molar-refractivity contribution in [2.75, 3.05) is 44.3 Å². The van der Waals surface area contributed by atoms with Crippen LogP contribution in [0.5, 0.6) is 17.2 Å². The highest BCUT2D eigenvalue weighted by molar-refractivity contribution is 5.95. The number of hydrogen-bond donors (Lipinski definition) is 1.